The third-order valence-corrected chi connectivity index (χ3v) is 5.09. The van der Waals surface area contributed by atoms with Gasteiger partial charge in [0.05, 0.1) is 5.56 Å². The van der Waals surface area contributed by atoms with E-state index in [-0.39, 0.29) is 18.1 Å². The summed E-state index contributed by atoms with van der Waals surface area (Å²) >= 11 is 0. The van der Waals surface area contributed by atoms with Crippen LogP contribution in [0.15, 0.2) is 33.9 Å². The zero-order valence-electron chi connectivity index (χ0n) is 19.0. The maximum Gasteiger partial charge on any atom is 0.338 e. The highest BCUT2D eigenvalue weighted by Gasteiger charge is 2.25. The lowest BCUT2D eigenvalue weighted by Gasteiger charge is -2.24. The monoisotopic (exact) mass is 444 g/mol. The van der Waals surface area contributed by atoms with Gasteiger partial charge in [-0.05, 0) is 31.9 Å². The highest BCUT2D eigenvalue weighted by molar-refractivity contribution is 5.98. The molecular weight excluding hydrogens is 412 g/mol. The molecule has 0 saturated heterocycles. The fourth-order valence-corrected chi connectivity index (χ4v) is 3.32. The maximum absolute atomic E-state index is 13.0. The van der Waals surface area contributed by atoms with Crippen molar-refractivity contribution in [2.24, 2.45) is 0 Å². The van der Waals surface area contributed by atoms with Crippen LogP contribution in [0.4, 0.5) is 11.5 Å². The Kier molecular flexibility index (Phi) is 9.24. The van der Waals surface area contributed by atoms with Gasteiger partial charge in [-0.25, -0.2) is 9.59 Å². The van der Waals surface area contributed by atoms with Crippen LogP contribution in [0.25, 0.3) is 0 Å². The molecule has 1 aromatic heterocycles. The first-order chi connectivity index (χ1) is 15.3. The van der Waals surface area contributed by atoms with E-state index in [0.717, 1.165) is 24.8 Å². The number of unbranched alkanes of at least 4 members (excludes halogenated alkanes) is 3. The molecule has 0 unspecified atom stereocenters. The van der Waals surface area contributed by atoms with Gasteiger partial charge in [-0.3, -0.25) is 19.1 Å². The van der Waals surface area contributed by atoms with E-state index in [1.165, 1.54) is 9.47 Å². The molecule has 9 heteroatoms. The van der Waals surface area contributed by atoms with Crippen LogP contribution < -0.4 is 21.9 Å². The van der Waals surface area contributed by atoms with Crippen LogP contribution in [0.2, 0.25) is 0 Å². The van der Waals surface area contributed by atoms with Gasteiger partial charge < -0.3 is 15.4 Å². The number of rotatable bonds is 11. The number of ether oxygens (including phenoxy) is 1. The molecule has 9 nitrogen and oxygen atoms in total. The number of hydrogen-bond acceptors (Lipinski definition) is 6. The molecule has 0 atom stereocenters. The molecule has 1 amide bonds. The van der Waals surface area contributed by atoms with Gasteiger partial charge in [-0.2, -0.15) is 0 Å². The number of nitrogens with one attached hydrogen (secondary N) is 1. The van der Waals surface area contributed by atoms with Crippen molar-refractivity contribution in [2.45, 2.75) is 59.4 Å². The minimum Gasteiger partial charge on any atom is -0.452 e. The van der Waals surface area contributed by atoms with E-state index in [0.29, 0.717) is 24.9 Å². The molecule has 0 spiro atoms. The normalized spacial score (nSPS) is 10.7. The lowest BCUT2D eigenvalue weighted by Crippen LogP contribution is -2.43. The molecule has 2 aromatic rings. The summed E-state index contributed by atoms with van der Waals surface area (Å²) in [4.78, 5) is 53.7. The van der Waals surface area contributed by atoms with E-state index in [1.54, 1.807) is 18.2 Å². The third kappa shape index (κ3) is 6.32. The van der Waals surface area contributed by atoms with E-state index < -0.39 is 29.7 Å². The number of esters is 1. The van der Waals surface area contributed by atoms with Gasteiger partial charge >= 0.3 is 11.7 Å². The fourth-order valence-electron chi connectivity index (χ4n) is 3.32. The number of aromatic amines is 1. The Morgan fingerprint density at radius 1 is 1.12 bits per heavy atom. The van der Waals surface area contributed by atoms with Gasteiger partial charge in [0.25, 0.3) is 11.5 Å². The van der Waals surface area contributed by atoms with Crippen LogP contribution in [0.3, 0.4) is 0 Å². The van der Waals surface area contributed by atoms with Gasteiger partial charge in [0, 0.05) is 13.1 Å². The van der Waals surface area contributed by atoms with Crippen molar-refractivity contribution in [1.82, 2.24) is 9.55 Å². The first-order valence-electron chi connectivity index (χ1n) is 11.0. The van der Waals surface area contributed by atoms with Crippen molar-refractivity contribution in [3.05, 3.63) is 56.2 Å². The quantitative estimate of drug-likeness (QED) is 0.405. The summed E-state index contributed by atoms with van der Waals surface area (Å²) in [6.45, 7) is 5.82. The number of carbonyl (C=O) groups excluding carboxylic acids is 2. The van der Waals surface area contributed by atoms with Crippen molar-refractivity contribution in [1.29, 1.82) is 0 Å². The average molecular weight is 445 g/mol. The lowest BCUT2D eigenvalue weighted by atomic mass is 10.1. The Labute approximate surface area is 187 Å². The summed E-state index contributed by atoms with van der Waals surface area (Å²) in [6.07, 6.45) is 3.88. The molecule has 0 bridgehead atoms. The van der Waals surface area contributed by atoms with Crippen LogP contribution in [0, 0.1) is 6.92 Å². The molecule has 32 heavy (non-hydrogen) atoms. The molecule has 0 aliphatic rings. The highest BCUT2D eigenvalue weighted by Crippen LogP contribution is 2.19. The Bertz CT molecular complexity index is 1060. The molecule has 2 rings (SSSR count). The van der Waals surface area contributed by atoms with E-state index in [4.69, 9.17) is 10.5 Å². The van der Waals surface area contributed by atoms with E-state index in [1.807, 2.05) is 26.8 Å². The number of anilines is 2. The number of hydrogen-bond donors (Lipinski definition) is 2. The van der Waals surface area contributed by atoms with Crippen LogP contribution in [-0.2, 0) is 16.1 Å². The second-order valence-corrected chi connectivity index (χ2v) is 7.70. The van der Waals surface area contributed by atoms with Gasteiger partial charge in [0.2, 0.25) is 0 Å². The van der Waals surface area contributed by atoms with E-state index in [2.05, 4.69) is 4.98 Å². The number of aryl methyl sites for hydroxylation is 1. The molecular formula is C23H32N4O5. The largest absolute Gasteiger partial charge is 0.452 e. The van der Waals surface area contributed by atoms with Crippen molar-refractivity contribution in [3.8, 4) is 0 Å². The van der Waals surface area contributed by atoms with Crippen LogP contribution in [0.5, 0.6) is 0 Å². The second-order valence-electron chi connectivity index (χ2n) is 7.70. The van der Waals surface area contributed by atoms with Gasteiger partial charge in [-0.15, -0.1) is 0 Å². The van der Waals surface area contributed by atoms with Crippen molar-refractivity contribution in [3.63, 3.8) is 0 Å². The number of benzene rings is 1. The predicted octanol–water partition coefficient (Wildman–Crippen LogP) is 2.61. The Morgan fingerprint density at radius 3 is 2.50 bits per heavy atom. The molecule has 0 aliphatic carbocycles. The summed E-state index contributed by atoms with van der Waals surface area (Å²) in [5.74, 6) is -1.28. The number of H-pyrrole nitrogens is 1. The van der Waals surface area contributed by atoms with Crippen LogP contribution in [-0.4, -0.2) is 34.6 Å². The Morgan fingerprint density at radius 2 is 1.84 bits per heavy atom. The van der Waals surface area contributed by atoms with Crippen molar-refractivity contribution >= 4 is 23.4 Å². The number of amides is 1. The summed E-state index contributed by atoms with van der Waals surface area (Å²) in [5, 5.41) is 0. The number of nitrogens with two attached hydrogens (primary N) is 1. The molecule has 174 valence electrons. The number of carbonyl (C=O) groups is 2. The molecule has 1 heterocycles. The highest BCUT2D eigenvalue weighted by atomic mass is 16.5. The molecule has 0 fully saturated rings. The maximum atomic E-state index is 13.0. The summed E-state index contributed by atoms with van der Waals surface area (Å²) in [6, 6.07) is 6.84. The first-order valence-corrected chi connectivity index (χ1v) is 11.0. The molecule has 0 saturated carbocycles. The zero-order chi connectivity index (χ0) is 23.7. The van der Waals surface area contributed by atoms with Gasteiger partial charge in [-0.1, -0.05) is 50.8 Å². The smallest absolute Gasteiger partial charge is 0.338 e. The SMILES string of the molecule is CCCCCN(C(=O)COC(=O)c1cccc(C)c1)c1c(N)n(CCCC)c(=O)[nH]c1=O. The fraction of sp³-hybridized carbons (Fsp3) is 0.478. The molecule has 3 N–H and O–H groups in total. The van der Waals surface area contributed by atoms with Crippen molar-refractivity contribution in [2.75, 3.05) is 23.8 Å². The van der Waals surface area contributed by atoms with E-state index in [9.17, 15) is 19.2 Å². The molecule has 0 radical (unpaired) electrons. The summed E-state index contributed by atoms with van der Waals surface area (Å²) in [7, 11) is 0. The summed E-state index contributed by atoms with van der Waals surface area (Å²) in [5.41, 5.74) is 5.95. The minimum absolute atomic E-state index is 0.0675. The number of aromatic nitrogens is 2. The lowest BCUT2D eigenvalue weighted by molar-refractivity contribution is -0.121. The van der Waals surface area contributed by atoms with Gasteiger partial charge in [0.15, 0.2) is 12.3 Å². The van der Waals surface area contributed by atoms with E-state index >= 15 is 0 Å². The average Bonchev–Trinajstić information content (AvgIpc) is 2.76. The van der Waals surface area contributed by atoms with Gasteiger partial charge in [0.1, 0.15) is 5.82 Å². The first kappa shape index (κ1) is 24.9. The number of nitrogen functional groups attached to an aromatic ring is 1. The standard InChI is InChI=1S/C23H32N4O5/c1-4-6-8-13-26(18(28)15-32-22(30)17-11-9-10-16(3)14-17)19-20(24)27(12-7-5-2)23(31)25-21(19)29/h9-11,14H,4-8,12-13,15,24H2,1-3H3,(H,25,29,31). The third-order valence-electron chi connectivity index (χ3n) is 5.09. The predicted molar refractivity (Wildman–Crippen MR) is 124 cm³/mol. The van der Waals surface area contributed by atoms with Crippen LogP contribution >= 0.6 is 0 Å². The minimum atomic E-state index is -0.741. The second kappa shape index (κ2) is 11.9. The Hall–Kier alpha value is -3.36. The zero-order valence-corrected chi connectivity index (χ0v) is 19.0. The topological polar surface area (TPSA) is 127 Å². The molecule has 0 aliphatic heterocycles. The number of nitrogens with zero attached hydrogens (tertiary/aromatic N) is 2. The van der Waals surface area contributed by atoms with Crippen LogP contribution in [0.1, 0.15) is 61.9 Å². The molecule has 1 aromatic carbocycles. The Balaban J connectivity index is 2.31. The summed E-state index contributed by atoms with van der Waals surface area (Å²) < 4.78 is 6.46. The van der Waals surface area contributed by atoms with Crippen molar-refractivity contribution < 1.29 is 14.3 Å².